The monoisotopic (exact) mass is 353 g/mol. The molecule has 0 saturated carbocycles. The Balaban J connectivity index is 1.72. The summed E-state index contributed by atoms with van der Waals surface area (Å²) >= 11 is 0. The van der Waals surface area contributed by atoms with Gasteiger partial charge in [0.25, 0.3) is 0 Å². The van der Waals surface area contributed by atoms with Crippen LogP contribution in [-0.4, -0.2) is 31.5 Å². The van der Waals surface area contributed by atoms with Gasteiger partial charge < -0.3 is 14.2 Å². The smallest absolute Gasteiger partial charge is 0.417 e. The van der Waals surface area contributed by atoms with Crippen LogP contribution in [0.4, 0.5) is 19.0 Å². The number of ether oxygens (including phenoxy) is 3. The average Bonchev–Trinajstić information content (AvgIpc) is 2.60. The van der Waals surface area contributed by atoms with Crippen molar-refractivity contribution in [2.75, 3.05) is 25.7 Å². The Kier molecular flexibility index (Phi) is 4.64. The molecule has 25 heavy (non-hydrogen) atoms. The van der Waals surface area contributed by atoms with Crippen molar-refractivity contribution in [1.29, 1.82) is 0 Å². The van der Waals surface area contributed by atoms with Crippen LogP contribution in [0.2, 0.25) is 0 Å². The number of anilines is 1. The van der Waals surface area contributed by atoms with Crippen molar-refractivity contribution in [3.63, 3.8) is 0 Å². The van der Waals surface area contributed by atoms with Crippen LogP contribution in [0, 0.1) is 0 Å². The fraction of sp³-hybridized carbons (Fsp3) is 0.250. The summed E-state index contributed by atoms with van der Waals surface area (Å²) in [4.78, 5) is 3.67. The van der Waals surface area contributed by atoms with Gasteiger partial charge in [0.1, 0.15) is 19.0 Å². The molecule has 1 aliphatic rings. The number of nitrogens with zero attached hydrogens (tertiary/aromatic N) is 2. The van der Waals surface area contributed by atoms with Gasteiger partial charge in [0, 0.05) is 11.8 Å². The number of nitrogens with one attached hydrogen (secondary N) is 1. The zero-order valence-corrected chi connectivity index (χ0v) is 13.1. The molecule has 0 radical (unpaired) electrons. The van der Waals surface area contributed by atoms with Gasteiger partial charge in [-0.1, -0.05) is 0 Å². The normalized spacial score (nSPS) is 13.8. The summed E-state index contributed by atoms with van der Waals surface area (Å²) in [5.41, 5.74) is 2.41. The third-order valence-electron chi connectivity index (χ3n) is 3.33. The van der Waals surface area contributed by atoms with Crippen molar-refractivity contribution in [3.8, 4) is 17.2 Å². The number of fused-ring (bicyclic) bond motifs is 1. The lowest BCUT2D eigenvalue weighted by Gasteiger charge is -2.20. The van der Waals surface area contributed by atoms with Crippen LogP contribution in [-0.2, 0) is 6.18 Å². The fourth-order valence-corrected chi connectivity index (χ4v) is 2.17. The molecule has 0 fully saturated rings. The van der Waals surface area contributed by atoms with Crippen LogP contribution >= 0.6 is 0 Å². The van der Waals surface area contributed by atoms with Crippen molar-refractivity contribution in [1.82, 2.24) is 4.98 Å². The van der Waals surface area contributed by atoms with Gasteiger partial charge in [-0.2, -0.15) is 18.3 Å². The van der Waals surface area contributed by atoms with E-state index in [9.17, 15) is 13.2 Å². The molecule has 0 saturated heterocycles. The quantitative estimate of drug-likeness (QED) is 0.675. The van der Waals surface area contributed by atoms with Crippen LogP contribution in [0.1, 0.15) is 11.1 Å². The van der Waals surface area contributed by atoms with Gasteiger partial charge >= 0.3 is 6.18 Å². The van der Waals surface area contributed by atoms with Crippen LogP contribution in [0.25, 0.3) is 0 Å². The first-order valence-electron chi connectivity index (χ1n) is 7.27. The predicted octanol–water partition coefficient (Wildman–Crippen LogP) is 3.33. The SMILES string of the molecule is COc1cc(/C=N\Nc2ccc(C(F)(F)F)cn2)cc2c1OCCO2. The number of hydrazone groups is 1. The molecule has 9 heteroatoms. The molecule has 2 aromatic rings. The van der Waals surface area contributed by atoms with Gasteiger partial charge in [0.05, 0.1) is 18.9 Å². The van der Waals surface area contributed by atoms with Gasteiger partial charge in [-0.25, -0.2) is 4.98 Å². The lowest BCUT2D eigenvalue weighted by atomic mass is 10.2. The second-order valence-electron chi connectivity index (χ2n) is 5.05. The summed E-state index contributed by atoms with van der Waals surface area (Å²) < 4.78 is 53.7. The zero-order chi connectivity index (χ0) is 17.9. The van der Waals surface area contributed by atoms with Crippen molar-refractivity contribution >= 4 is 12.0 Å². The number of rotatable bonds is 4. The van der Waals surface area contributed by atoms with Crippen LogP contribution < -0.4 is 19.6 Å². The summed E-state index contributed by atoms with van der Waals surface area (Å²) in [6.07, 6.45) is -2.21. The zero-order valence-electron chi connectivity index (χ0n) is 13.1. The first-order valence-corrected chi connectivity index (χ1v) is 7.27. The Morgan fingerprint density at radius 1 is 1.24 bits per heavy atom. The Hall–Kier alpha value is -2.97. The maximum absolute atomic E-state index is 12.5. The Morgan fingerprint density at radius 3 is 2.72 bits per heavy atom. The van der Waals surface area contributed by atoms with Crippen molar-refractivity contribution in [3.05, 3.63) is 41.6 Å². The van der Waals surface area contributed by atoms with E-state index in [1.54, 1.807) is 12.1 Å². The maximum atomic E-state index is 12.5. The summed E-state index contributed by atoms with van der Waals surface area (Å²) in [6, 6.07) is 5.56. The molecule has 1 aromatic heterocycles. The third-order valence-corrected chi connectivity index (χ3v) is 3.33. The van der Waals surface area contributed by atoms with Crippen LogP contribution in [0.15, 0.2) is 35.6 Å². The molecule has 0 aliphatic carbocycles. The van der Waals surface area contributed by atoms with E-state index in [0.717, 1.165) is 12.3 Å². The number of alkyl halides is 3. The molecule has 2 heterocycles. The van der Waals surface area contributed by atoms with E-state index in [4.69, 9.17) is 14.2 Å². The Morgan fingerprint density at radius 2 is 2.04 bits per heavy atom. The molecular weight excluding hydrogens is 339 g/mol. The van der Waals surface area contributed by atoms with Gasteiger partial charge in [0.15, 0.2) is 11.5 Å². The average molecular weight is 353 g/mol. The molecule has 132 valence electrons. The second-order valence-corrected chi connectivity index (χ2v) is 5.05. The molecule has 0 atom stereocenters. The number of benzene rings is 1. The lowest BCUT2D eigenvalue weighted by Crippen LogP contribution is -2.16. The molecule has 0 bridgehead atoms. The highest BCUT2D eigenvalue weighted by atomic mass is 19.4. The number of halogens is 3. The van der Waals surface area contributed by atoms with Crippen molar-refractivity contribution in [2.24, 2.45) is 5.10 Å². The predicted molar refractivity (Wildman–Crippen MR) is 84.4 cm³/mol. The summed E-state index contributed by atoms with van der Waals surface area (Å²) in [5, 5.41) is 3.96. The van der Waals surface area contributed by atoms with Crippen molar-refractivity contribution in [2.45, 2.75) is 6.18 Å². The minimum Gasteiger partial charge on any atom is -0.493 e. The number of hydrogen-bond acceptors (Lipinski definition) is 6. The molecule has 0 unspecified atom stereocenters. The van der Waals surface area contributed by atoms with Gasteiger partial charge in [-0.05, 0) is 24.3 Å². The Bertz CT molecular complexity index is 759. The number of aromatic nitrogens is 1. The fourth-order valence-electron chi connectivity index (χ4n) is 2.17. The van der Waals surface area contributed by atoms with Crippen LogP contribution in [0.5, 0.6) is 17.2 Å². The topological polar surface area (TPSA) is 65.0 Å². The summed E-state index contributed by atoms with van der Waals surface area (Å²) in [5.74, 6) is 1.77. The minimum atomic E-state index is -4.42. The Labute approximate surface area is 141 Å². The summed E-state index contributed by atoms with van der Waals surface area (Å²) in [6.45, 7) is 0.877. The molecule has 6 nitrogen and oxygen atoms in total. The van der Waals surface area contributed by atoms with E-state index in [1.165, 1.54) is 19.4 Å². The van der Waals surface area contributed by atoms with E-state index in [0.29, 0.717) is 36.0 Å². The molecule has 1 aliphatic heterocycles. The molecule has 3 rings (SSSR count). The van der Waals surface area contributed by atoms with E-state index in [2.05, 4.69) is 15.5 Å². The first kappa shape index (κ1) is 16.9. The molecule has 0 spiro atoms. The van der Waals surface area contributed by atoms with Gasteiger partial charge in [-0.3, -0.25) is 5.43 Å². The standard InChI is InChI=1S/C16H14F3N3O3/c1-23-12-6-10(7-13-15(12)25-5-4-24-13)8-21-22-14-3-2-11(9-20-14)16(17,18)19/h2-3,6-9H,4-5H2,1H3,(H,20,22)/b21-8-. The van der Waals surface area contributed by atoms with Gasteiger partial charge in [-0.15, -0.1) is 0 Å². The number of methoxy groups -OCH3 is 1. The number of pyridine rings is 1. The molecular formula is C16H14F3N3O3. The summed E-state index contributed by atoms with van der Waals surface area (Å²) in [7, 11) is 1.51. The van der Waals surface area contributed by atoms with E-state index < -0.39 is 11.7 Å². The second kappa shape index (κ2) is 6.88. The largest absolute Gasteiger partial charge is 0.493 e. The van der Waals surface area contributed by atoms with Crippen LogP contribution in [0.3, 0.4) is 0 Å². The highest BCUT2D eigenvalue weighted by Gasteiger charge is 2.30. The molecule has 1 N–H and O–H groups in total. The molecule has 1 aromatic carbocycles. The van der Waals surface area contributed by atoms with E-state index >= 15 is 0 Å². The highest BCUT2D eigenvalue weighted by molar-refractivity contribution is 5.83. The molecule has 0 amide bonds. The van der Waals surface area contributed by atoms with E-state index in [1.807, 2.05) is 0 Å². The van der Waals surface area contributed by atoms with Gasteiger partial charge in [0.2, 0.25) is 5.75 Å². The van der Waals surface area contributed by atoms with E-state index in [-0.39, 0.29) is 5.82 Å². The third kappa shape index (κ3) is 3.93. The highest BCUT2D eigenvalue weighted by Crippen LogP contribution is 2.40. The first-order chi connectivity index (χ1) is 12.0. The maximum Gasteiger partial charge on any atom is 0.417 e. The number of hydrogen-bond donors (Lipinski definition) is 1. The minimum absolute atomic E-state index is 0.189. The lowest BCUT2D eigenvalue weighted by molar-refractivity contribution is -0.137. The van der Waals surface area contributed by atoms with Crippen molar-refractivity contribution < 1.29 is 27.4 Å².